The summed E-state index contributed by atoms with van der Waals surface area (Å²) in [6.45, 7) is 0. The first-order valence-electron chi connectivity index (χ1n) is 5.97. The third kappa shape index (κ3) is 3.66. The molecule has 0 saturated carbocycles. The van der Waals surface area contributed by atoms with Crippen LogP contribution in [0.25, 0.3) is 0 Å². The van der Waals surface area contributed by atoms with E-state index in [1.54, 1.807) is 0 Å². The molecule has 0 unspecified atom stereocenters. The molecule has 5 nitrogen and oxygen atoms in total. The Labute approximate surface area is 122 Å². The van der Waals surface area contributed by atoms with Crippen molar-refractivity contribution in [2.75, 3.05) is 7.11 Å². The van der Waals surface area contributed by atoms with E-state index in [0.717, 1.165) is 6.07 Å². The van der Waals surface area contributed by atoms with Gasteiger partial charge in [0, 0.05) is 12.1 Å². The number of H-pyrrole nitrogens is 1. The van der Waals surface area contributed by atoms with E-state index in [2.05, 4.69) is 4.74 Å². The number of aromatic amines is 1. The molecule has 116 valence electrons. The van der Waals surface area contributed by atoms with Gasteiger partial charge in [-0.2, -0.15) is 13.2 Å². The molecule has 8 heteroatoms. The molecule has 0 aliphatic carbocycles. The van der Waals surface area contributed by atoms with Crippen LogP contribution in [-0.2, 0) is 10.9 Å². The fourth-order valence-electron chi connectivity index (χ4n) is 1.66. The normalized spacial score (nSPS) is 11.1. The summed E-state index contributed by atoms with van der Waals surface area (Å²) in [5.41, 5.74) is -1.92. The van der Waals surface area contributed by atoms with Crippen molar-refractivity contribution >= 4 is 5.97 Å². The van der Waals surface area contributed by atoms with Crippen molar-refractivity contribution in [3.8, 4) is 11.6 Å². The molecule has 0 aliphatic rings. The van der Waals surface area contributed by atoms with E-state index in [-0.39, 0.29) is 17.2 Å². The van der Waals surface area contributed by atoms with E-state index < -0.39 is 23.3 Å². The molecule has 0 aliphatic heterocycles. The lowest BCUT2D eigenvalue weighted by Crippen LogP contribution is -2.13. The lowest BCUT2D eigenvalue weighted by molar-refractivity contribution is -0.141. The Morgan fingerprint density at radius 1 is 1.18 bits per heavy atom. The lowest BCUT2D eigenvalue weighted by Gasteiger charge is -2.10. The number of nitrogens with one attached hydrogen (secondary N) is 1. The smallest absolute Gasteiger partial charge is 0.431 e. The third-order valence-corrected chi connectivity index (χ3v) is 2.61. The monoisotopic (exact) mass is 313 g/mol. The zero-order chi connectivity index (χ0) is 16.3. The first-order chi connectivity index (χ1) is 10.3. The first-order valence-corrected chi connectivity index (χ1v) is 5.97. The van der Waals surface area contributed by atoms with Crippen LogP contribution in [0.2, 0.25) is 0 Å². The number of aromatic nitrogens is 1. The molecule has 1 aromatic carbocycles. The summed E-state index contributed by atoms with van der Waals surface area (Å²) in [7, 11) is 1.19. The summed E-state index contributed by atoms with van der Waals surface area (Å²) in [4.78, 5) is 24.6. The molecule has 0 bridgehead atoms. The van der Waals surface area contributed by atoms with Crippen molar-refractivity contribution in [3.63, 3.8) is 0 Å². The number of pyridine rings is 1. The predicted molar refractivity (Wildman–Crippen MR) is 69.9 cm³/mol. The van der Waals surface area contributed by atoms with Gasteiger partial charge in [-0.15, -0.1) is 0 Å². The van der Waals surface area contributed by atoms with E-state index in [1.807, 2.05) is 4.98 Å². The summed E-state index contributed by atoms with van der Waals surface area (Å²) >= 11 is 0. The number of carbonyl (C=O) groups is 1. The Morgan fingerprint density at radius 3 is 2.55 bits per heavy atom. The highest BCUT2D eigenvalue weighted by atomic mass is 19.4. The van der Waals surface area contributed by atoms with Gasteiger partial charge in [0.25, 0.3) is 0 Å². The van der Waals surface area contributed by atoms with Crippen molar-refractivity contribution in [1.29, 1.82) is 0 Å². The maximum absolute atomic E-state index is 12.6. The number of methoxy groups -OCH3 is 1. The Hall–Kier alpha value is -2.77. The number of ether oxygens (including phenoxy) is 2. The van der Waals surface area contributed by atoms with Gasteiger partial charge >= 0.3 is 12.1 Å². The molecule has 2 rings (SSSR count). The molecular formula is C14H10F3NO4. The molecule has 0 atom stereocenters. The summed E-state index contributed by atoms with van der Waals surface area (Å²) in [5, 5.41) is 0. The van der Waals surface area contributed by atoms with E-state index in [0.29, 0.717) is 6.07 Å². The van der Waals surface area contributed by atoms with E-state index in [9.17, 15) is 22.8 Å². The Bertz CT molecular complexity index is 752. The van der Waals surface area contributed by atoms with Crippen LogP contribution < -0.4 is 10.2 Å². The first kappa shape index (κ1) is 15.6. The second kappa shape index (κ2) is 5.92. The van der Waals surface area contributed by atoms with Gasteiger partial charge in [0.2, 0.25) is 5.88 Å². The fourth-order valence-corrected chi connectivity index (χ4v) is 1.66. The van der Waals surface area contributed by atoms with Crippen LogP contribution in [0.5, 0.6) is 11.6 Å². The molecule has 0 saturated heterocycles. The SMILES string of the molecule is COC(=O)c1cccc(Oc2cc(=O)cc(C(F)(F)F)[nH]2)c1. The van der Waals surface area contributed by atoms with Gasteiger partial charge in [0.05, 0.1) is 12.7 Å². The fraction of sp³-hybridized carbons (Fsp3) is 0.143. The molecule has 1 heterocycles. The van der Waals surface area contributed by atoms with Gasteiger partial charge in [0.1, 0.15) is 11.4 Å². The Kier molecular flexibility index (Phi) is 4.20. The van der Waals surface area contributed by atoms with Gasteiger partial charge < -0.3 is 14.5 Å². The minimum atomic E-state index is -4.70. The van der Waals surface area contributed by atoms with Gasteiger partial charge in [-0.3, -0.25) is 4.79 Å². The molecule has 1 N–H and O–H groups in total. The predicted octanol–water partition coefficient (Wildman–Crippen LogP) is 2.97. The van der Waals surface area contributed by atoms with Crippen molar-refractivity contribution in [1.82, 2.24) is 4.98 Å². The molecule has 22 heavy (non-hydrogen) atoms. The summed E-state index contributed by atoms with van der Waals surface area (Å²) in [6.07, 6.45) is -4.70. The second-order valence-corrected chi connectivity index (χ2v) is 4.21. The summed E-state index contributed by atoms with van der Waals surface area (Å²) in [5.74, 6) is -0.928. The van der Waals surface area contributed by atoms with Crippen LogP contribution in [0.15, 0.2) is 41.2 Å². The van der Waals surface area contributed by atoms with E-state index >= 15 is 0 Å². The van der Waals surface area contributed by atoms with Crippen molar-refractivity contribution in [2.24, 2.45) is 0 Å². The number of esters is 1. The van der Waals surface area contributed by atoms with Gasteiger partial charge in [-0.25, -0.2) is 4.79 Å². The van der Waals surface area contributed by atoms with Crippen LogP contribution in [0.1, 0.15) is 16.1 Å². The molecule has 0 radical (unpaired) electrons. The highest BCUT2D eigenvalue weighted by Gasteiger charge is 2.32. The van der Waals surface area contributed by atoms with E-state index in [1.165, 1.54) is 31.4 Å². The maximum atomic E-state index is 12.6. The lowest BCUT2D eigenvalue weighted by atomic mass is 10.2. The minimum absolute atomic E-state index is 0.0814. The standard InChI is InChI=1S/C14H10F3NO4/c1-21-13(20)8-3-2-4-10(5-8)22-12-7-9(19)6-11(18-12)14(15,16)17/h2-7H,1H3,(H,18,19). The number of benzene rings is 1. The number of halogens is 3. The topological polar surface area (TPSA) is 68.4 Å². The third-order valence-electron chi connectivity index (χ3n) is 2.61. The average Bonchev–Trinajstić information content (AvgIpc) is 2.45. The number of hydrogen-bond donors (Lipinski definition) is 1. The zero-order valence-corrected chi connectivity index (χ0v) is 11.2. The second-order valence-electron chi connectivity index (χ2n) is 4.21. The van der Waals surface area contributed by atoms with Gasteiger partial charge in [-0.05, 0) is 18.2 Å². The zero-order valence-electron chi connectivity index (χ0n) is 11.2. The molecule has 1 aromatic heterocycles. The van der Waals surface area contributed by atoms with E-state index in [4.69, 9.17) is 4.74 Å². The highest BCUT2D eigenvalue weighted by molar-refractivity contribution is 5.89. The number of hydrogen-bond acceptors (Lipinski definition) is 4. The average molecular weight is 313 g/mol. The number of alkyl halides is 3. The van der Waals surface area contributed by atoms with Crippen LogP contribution in [-0.4, -0.2) is 18.1 Å². The Morgan fingerprint density at radius 2 is 1.91 bits per heavy atom. The maximum Gasteiger partial charge on any atom is 0.431 e. The van der Waals surface area contributed by atoms with Gasteiger partial charge in [-0.1, -0.05) is 6.07 Å². The van der Waals surface area contributed by atoms with Crippen LogP contribution in [0.3, 0.4) is 0 Å². The van der Waals surface area contributed by atoms with Crippen molar-refractivity contribution in [2.45, 2.75) is 6.18 Å². The Balaban J connectivity index is 2.33. The minimum Gasteiger partial charge on any atom is -0.465 e. The van der Waals surface area contributed by atoms with Crippen LogP contribution >= 0.6 is 0 Å². The van der Waals surface area contributed by atoms with Crippen LogP contribution in [0, 0.1) is 0 Å². The highest BCUT2D eigenvalue weighted by Crippen LogP contribution is 2.28. The van der Waals surface area contributed by atoms with Crippen molar-refractivity contribution < 1.29 is 27.4 Å². The molecule has 2 aromatic rings. The molecule has 0 fully saturated rings. The quantitative estimate of drug-likeness (QED) is 0.885. The number of rotatable bonds is 3. The van der Waals surface area contributed by atoms with Crippen LogP contribution in [0.4, 0.5) is 13.2 Å². The summed E-state index contributed by atoms with van der Waals surface area (Å²) in [6, 6.07) is 6.92. The molecular weight excluding hydrogens is 303 g/mol. The largest absolute Gasteiger partial charge is 0.465 e. The molecule has 0 spiro atoms. The van der Waals surface area contributed by atoms with Gasteiger partial charge in [0.15, 0.2) is 5.43 Å². The summed E-state index contributed by atoms with van der Waals surface area (Å²) < 4.78 is 47.5. The van der Waals surface area contributed by atoms with Crippen molar-refractivity contribution in [3.05, 3.63) is 57.9 Å². The number of carbonyl (C=O) groups excluding carboxylic acids is 1. The molecule has 0 amide bonds.